The molecule has 1 rings (SSSR count). The van der Waals surface area contributed by atoms with Crippen LogP contribution in [0, 0.1) is 0 Å². The number of carbonyl (C=O) groups is 1. The molecule has 2 N–H and O–H groups in total. The summed E-state index contributed by atoms with van der Waals surface area (Å²) in [6.45, 7) is 6.19. The van der Waals surface area contributed by atoms with Gasteiger partial charge in [0.1, 0.15) is 0 Å². The number of nitrogens with zero attached hydrogens (tertiary/aromatic N) is 3. The highest BCUT2D eigenvalue weighted by Gasteiger charge is 2.18. The van der Waals surface area contributed by atoms with Crippen molar-refractivity contribution in [2.45, 2.75) is 13.8 Å². The quantitative estimate of drug-likeness (QED) is 0.742. The largest absolute Gasteiger partial charge is 0.380 e. The van der Waals surface area contributed by atoms with E-state index in [0.717, 1.165) is 11.3 Å². The van der Waals surface area contributed by atoms with Crippen molar-refractivity contribution < 1.29 is 9.53 Å². The van der Waals surface area contributed by atoms with Gasteiger partial charge in [0.05, 0.1) is 6.61 Å². The van der Waals surface area contributed by atoms with Gasteiger partial charge in [0.15, 0.2) is 0 Å². The van der Waals surface area contributed by atoms with Crippen molar-refractivity contribution in [1.82, 2.24) is 15.1 Å². The smallest absolute Gasteiger partial charge is 0.284 e. The standard InChI is InChI=1S/C9H16N4O2S/c1-3-13(5-6-15-4-2)8(14)7-11-12-9(10)16-7/h3-6H2,1-2H3,(H2,10,12). The van der Waals surface area contributed by atoms with E-state index in [1.165, 1.54) is 0 Å². The van der Waals surface area contributed by atoms with Gasteiger partial charge in [0.25, 0.3) is 5.91 Å². The summed E-state index contributed by atoms with van der Waals surface area (Å²) in [5, 5.41) is 7.98. The minimum absolute atomic E-state index is 0.142. The first kappa shape index (κ1) is 12.9. The molecule has 0 saturated heterocycles. The van der Waals surface area contributed by atoms with Gasteiger partial charge in [0.2, 0.25) is 10.1 Å². The molecule has 0 spiro atoms. The summed E-state index contributed by atoms with van der Waals surface area (Å²) in [5.41, 5.74) is 5.43. The maximum Gasteiger partial charge on any atom is 0.284 e. The molecule has 0 fully saturated rings. The minimum atomic E-state index is -0.142. The van der Waals surface area contributed by atoms with Crippen LogP contribution in [0.4, 0.5) is 5.13 Å². The van der Waals surface area contributed by atoms with Crippen molar-refractivity contribution in [2.24, 2.45) is 0 Å². The molecule has 1 aromatic heterocycles. The second-order valence-corrected chi connectivity index (χ2v) is 4.04. The normalized spacial score (nSPS) is 10.4. The maximum atomic E-state index is 11.9. The van der Waals surface area contributed by atoms with Crippen molar-refractivity contribution in [2.75, 3.05) is 32.0 Å². The van der Waals surface area contributed by atoms with Crippen LogP contribution >= 0.6 is 11.3 Å². The molecular formula is C9H16N4O2S. The number of anilines is 1. The zero-order valence-electron chi connectivity index (χ0n) is 9.47. The Bertz CT molecular complexity index is 342. The number of amides is 1. The van der Waals surface area contributed by atoms with Crippen molar-refractivity contribution in [1.29, 1.82) is 0 Å². The van der Waals surface area contributed by atoms with E-state index in [-0.39, 0.29) is 5.91 Å². The van der Waals surface area contributed by atoms with E-state index < -0.39 is 0 Å². The van der Waals surface area contributed by atoms with Crippen LogP contribution < -0.4 is 5.73 Å². The number of nitrogen functional groups attached to an aromatic ring is 1. The lowest BCUT2D eigenvalue weighted by Gasteiger charge is -2.18. The molecule has 0 aromatic carbocycles. The number of ether oxygens (including phenoxy) is 1. The van der Waals surface area contributed by atoms with Crippen LogP contribution in [0.2, 0.25) is 0 Å². The van der Waals surface area contributed by atoms with Gasteiger partial charge in [0, 0.05) is 19.7 Å². The summed E-state index contributed by atoms with van der Waals surface area (Å²) in [4.78, 5) is 13.6. The monoisotopic (exact) mass is 244 g/mol. The highest BCUT2D eigenvalue weighted by molar-refractivity contribution is 7.16. The molecule has 0 saturated carbocycles. The topological polar surface area (TPSA) is 81.3 Å². The number of carbonyl (C=O) groups excluding carboxylic acids is 1. The lowest BCUT2D eigenvalue weighted by atomic mass is 10.4. The van der Waals surface area contributed by atoms with Gasteiger partial charge in [-0.25, -0.2) is 0 Å². The van der Waals surface area contributed by atoms with Crippen LogP contribution in [-0.4, -0.2) is 47.3 Å². The van der Waals surface area contributed by atoms with E-state index >= 15 is 0 Å². The molecule has 7 heteroatoms. The predicted molar refractivity (Wildman–Crippen MR) is 62.4 cm³/mol. The molecule has 1 aromatic rings. The number of hydrogen-bond donors (Lipinski definition) is 1. The SMILES string of the molecule is CCOCCN(CC)C(=O)c1nnc(N)s1. The van der Waals surface area contributed by atoms with E-state index in [1.807, 2.05) is 13.8 Å². The Morgan fingerprint density at radius 2 is 2.25 bits per heavy atom. The summed E-state index contributed by atoms with van der Waals surface area (Å²) in [6, 6.07) is 0. The van der Waals surface area contributed by atoms with Crippen LogP contribution in [-0.2, 0) is 4.74 Å². The molecule has 90 valence electrons. The molecule has 0 aliphatic rings. The Labute approximate surface area is 98.4 Å². The molecule has 0 aliphatic heterocycles. The van der Waals surface area contributed by atoms with Gasteiger partial charge >= 0.3 is 0 Å². The van der Waals surface area contributed by atoms with Crippen LogP contribution in [0.3, 0.4) is 0 Å². The molecule has 0 bridgehead atoms. The van der Waals surface area contributed by atoms with Crippen molar-refractivity contribution in [3.8, 4) is 0 Å². The Morgan fingerprint density at radius 3 is 2.75 bits per heavy atom. The summed E-state index contributed by atoms with van der Waals surface area (Å²) < 4.78 is 5.21. The average molecular weight is 244 g/mol. The third-order valence-electron chi connectivity index (χ3n) is 2.00. The zero-order valence-corrected chi connectivity index (χ0v) is 10.3. The van der Waals surface area contributed by atoms with E-state index in [9.17, 15) is 4.79 Å². The highest BCUT2D eigenvalue weighted by Crippen LogP contribution is 2.13. The van der Waals surface area contributed by atoms with Crippen LogP contribution in [0.25, 0.3) is 0 Å². The van der Waals surface area contributed by atoms with E-state index in [0.29, 0.717) is 36.4 Å². The molecule has 6 nitrogen and oxygen atoms in total. The van der Waals surface area contributed by atoms with E-state index in [2.05, 4.69) is 10.2 Å². The first-order valence-corrected chi connectivity index (χ1v) is 5.96. The number of aromatic nitrogens is 2. The van der Waals surface area contributed by atoms with Crippen LogP contribution in [0.5, 0.6) is 0 Å². The molecule has 0 aliphatic carbocycles. The van der Waals surface area contributed by atoms with Crippen LogP contribution in [0.15, 0.2) is 0 Å². The predicted octanol–water partition coefficient (Wildman–Crippen LogP) is 0.619. The van der Waals surface area contributed by atoms with Gasteiger partial charge in [-0.1, -0.05) is 11.3 Å². The third kappa shape index (κ3) is 3.42. The van der Waals surface area contributed by atoms with E-state index in [4.69, 9.17) is 10.5 Å². The maximum absolute atomic E-state index is 11.9. The second kappa shape index (κ2) is 6.39. The van der Waals surface area contributed by atoms with Gasteiger partial charge in [-0.15, -0.1) is 10.2 Å². The molecule has 1 heterocycles. The molecule has 0 atom stereocenters. The minimum Gasteiger partial charge on any atom is -0.380 e. The number of rotatable bonds is 6. The molecule has 0 unspecified atom stereocenters. The Hall–Kier alpha value is -1.21. The summed E-state index contributed by atoms with van der Waals surface area (Å²) in [7, 11) is 0. The van der Waals surface area contributed by atoms with Gasteiger partial charge in [-0.05, 0) is 13.8 Å². The van der Waals surface area contributed by atoms with Crippen LogP contribution in [0.1, 0.15) is 23.6 Å². The zero-order chi connectivity index (χ0) is 12.0. The van der Waals surface area contributed by atoms with Crippen molar-refractivity contribution in [3.05, 3.63) is 5.01 Å². The van der Waals surface area contributed by atoms with Gasteiger partial charge in [-0.2, -0.15) is 0 Å². The Balaban J connectivity index is 2.55. The summed E-state index contributed by atoms with van der Waals surface area (Å²) >= 11 is 1.10. The lowest BCUT2D eigenvalue weighted by Crippen LogP contribution is -2.33. The lowest BCUT2D eigenvalue weighted by molar-refractivity contribution is 0.0668. The summed E-state index contributed by atoms with van der Waals surface area (Å²) in [5.74, 6) is -0.142. The number of nitrogens with two attached hydrogens (primary N) is 1. The Morgan fingerprint density at radius 1 is 1.50 bits per heavy atom. The first-order chi connectivity index (χ1) is 7.69. The fraction of sp³-hybridized carbons (Fsp3) is 0.667. The molecular weight excluding hydrogens is 228 g/mol. The number of hydrogen-bond acceptors (Lipinski definition) is 6. The second-order valence-electron chi connectivity index (χ2n) is 3.03. The summed E-state index contributed by atoms with van der Waals surface area (Å²) in [6.07, 6.45) is 0. The molecule has 1 amide bonds. The average Bonchev–Trinajstić information content (AvgIpc) is 2.70. The first-order valence-electron chi connectivity index (χ1n) is 5.15. The molecule has 0 radical (unpaired) electrons. The third-order valence-corrected chi connectivity index (χ3v) is 2.74. The molecule has 16 heavy (non-hydrogen) atoms. The Kier molecular flexibility index (Phi) is 5.13. The fourth-order valence-electron chi connectivity index (χ4n) is 1.18. The van der Waals surface area contributed by atoms with E-state index in [1.54, 1.807) is 4.90 Å². The van der Waals surface area contributed by atoms with Crippen molar-refractivity contribution >= 4 is 22.4 Å². The van der Waals surface area contributed by atoms with Gasteiger partial charge < -0.3 is 15.4 Å². The fourth-order valence-corrected chi connectivity index (χ4v) is 1.76. The van der Waals surface area contributed by atoms with Gasteiger partial charge in [-0.3, -0.25) is 4.79 Å². The number of likely N-dealkylation sites (N-methyl/N-ethyl adjacent to an activating group) is 1. The van der Waals surface area contributed by atoms with Crippen molar-refractivity contribution in [3.63, 3.8) is 0 Å². The highest BCUT2D eigenvalue weighted by atomic mass is 32.1.